The molecule has 2 aromatic rings. The fourth-order valence-electron chi connectivity index (χ4n) is 3.19. The molecule has 0 unspecified atom stereocenters. The van der Waals surface area contributed by atoms with E-state index in [2.05, 4.69) is 4.90 Å². The SMILES string of the molecule is O=C1S/C(=C/c2ccc(N3CCOCC3)cc2)C(=O)N1Cc1ccccc1F. The minimum absolute atomic E-state index is 0.0648. The van der Waals surface area contributed by atoms with Crippen LogP contribution in [-0.2, 0) is 16.1 Å². The summed E-state index contributed by atoms with van der Waals surface area (Å²) < 4.78 is 19.2. The van der Waals surface area contributed by atoms with Crippen LogP contribution in [0.3, 0.4) is 0 Å². The van der Waals surface area contributed by atoms with Gasteiger partial charge in [0, 0.05) is 24.3 Å². The van der Waals surface area contributed by atoms with Crippen molar-refractivity contribution in [1.29, 1.82) is 0 Å². The third-order valence-corrected chi connectivity index (χ3v) is 5.63. The Morgan fingerprint density at radius 1 is 1.04 bits per heavy atom. The van der Waals surface area contributed by atoms with Crippen LogP contribution in [0.4, 0.5) is 14.9 Å². The van der Waals surface area contributed by atoms with Crippen molar-refractivity contribution in [2.45, 2.75) is 6.54 Å². The van der Waals surface area contributed by atoms with E-state index in [4.69, 9.17) is 4.74 Å². The number of morpholine rings is 1. The zero-order valence-electron chi connectivity index (χ0n) is 15.1. The first-order valence-electron chi connectivity index (χ1n) is 9.03. The molecule has 0 saturated carbocycles. The zero-order chi connectivity index (χ0) is 19.5. The number of hydrogen-bond acceptors (Lipinski definition) is 5. The molecule has 7 heteroatoms. The van der Waals surface area contributed by atoms with Crippen LogP contribution in [0.1, 0.15) is 11.1 Å². The van der Waals surface area contributed by atoms with Gasteiger partial charge in [-0.25, -0.2) is 4.39 Å². The number of halogens is 1. The van der Waals surface area contributed by atoms with Crippen LogP contribution in [-0.4, -0.2) is 42.3 Å². The fraction of sp³-hybridized carbons (Fsp3) is 0.238. The molecule has 2 amide bonds. The van der Waals surface area contributed by atoms with Crippen molar-refractivity contribution in [3.8, 4) is 0 Å². The summed E-state index contributed by atoms with van der Waals surface area (Å²) in [6, 6.07) is 14.0. The predicted molar refractivity (Wildman–Crippen MR) is 107 cm³/mol. The molecular weight excluding hydrogens is 379 g/mol. The monoisotopic (exact) mass is 398 g/mol. The van der Waals surface area contributed by atoms with Gasteiger partial charge in [-0.2, -0.15) is 0 Å². The second-order valence-electron chi connectivity index (χ2n) is 6.55. The Labute approximate surface area is 166 Å². The molecule has 2 fully saturated rings. The maximum Gasteiger partial charge on any atom is 0.293 e. The quantitative estimate of drug-likeness (QED) is 0.731. The number of rotatable bonds is 4. The topological polar surface area (TPSA) is 49.9 Å². The van der Waals surface area contributed by atoms with Gasteiger partial charge in [0.15, 0.2) is 0 Å². The van der Waals surface area contributed by atoms with Crippen molar-refractivity contribution in [3.05, 3.63) is 70.4 Å². The number of hydrogen-bond donors (Lipinski definition) is 0. The molecule has 0 atom stereocenters. The molecule has 4 rings (SSSR count). The molecule has 0 aliphatic carbocycles. The molecule has 5 nitrogen and oxygen atoms in total. The number of carbonyl (C=O) groups is 2. The molecule has 2 aliphatic heterocycles. The van der Waals surface area contributed by atoms with Gasteiger partial charge in [0.25, 0.3) is 11.1 Å². The van der Waals surface area contributed by atoms with Gasteiger partial charge in [0.05, 0.1) is 24.7 Å². The van der Waals surface area contributed by atoms with Crippen LogP contribution in [0.25, 0.3) is 6.08 Å². The third-order valence-electron chi connectivity index (χ3n) is 4.73. The van der Waals surface area contributed by atoms with Crippen LogP contribution >= 0.6 is 11.8 Å². The summed E-state index contributed by atoms with van der Waals surface area (Å²) >= 11 is 0.883. The van der Waals surface area contributed by atoms with Gasteiger partial charge in [-0.1, -0.05) is 30.3 Å². The molecule has 2 aliphatic rings. The number of carbonyl (C=O) groups excluding carboxylic acids is 2. The highest BCUT2D eigenvalue weighted by Crippen LogP contribution is 2.33. The molecule has 0 N–H and O–H groups in total. The van der Waals surface area contributed by atoms with Gasteiger partial charge in [-0.3, -0.25) is 14.5 Å². The Morgan fingerprint density at radius 3 is 2.46 bits per heavy atom. The summed E-state index contributed by atoms with van der Waals surface area (Å²) in [7, 11) is 0. The van der Waals surface area contributed by atoms with Crippen molar-refractivity contribution >= 4 is 34.7 Å². The normalized spacial score (nSPS) is 19.0. The molecule has 0 spiro atoms. The van der Waals surface area contributed by atoms with E-state index in [-0.39, 0.29) is 11.8 Å². The zero-order valence-corrected chi connectivity index (χ0v) is 16.0. The number of ether oxygens (including phenoxy) is 1. The Hall–Kier alpha value is -2.64. The van der Waals surface area contributed by atoms with Crippen LogP contribution in [0.2, 0.25) is 0 Å². The van der Waals surface area contributed by atoms with E-state index in [0.29, 0.717) is 10.5 Å². The Bertz CT molecular complexity index is 924. The highest BCUT2D eigenvalue weighted by Gasteiger charge is 2.35. The van der Waals surface area contributed by atoms with Gasteiger partial charge in [-0.15, -0.1) is 0 Å². The van der Waals surface area contributed by atoms with E-state index in [0.717, 1.165) is 54.2 Å². The second-order valence-corrected chi connectivity index (χ2v) is 7.54. The van der Waals surface area contributed by atoms with Crippen LogP contribution in [0.15, 0.2) is 53.4 Å². The third kappa shape index (κ3) is 3.95. The van der Waals surface area contributed by atoms with E-state index < -0.39 is 11.7 Å². The minimum atomic E-state index is -0.427. The van der Waals surface area contributed by atoms with E-state index in [1.54, 1.807) is 24.3 Å². The maximum absolute atomic E-state index is 13.9. The van der Waals surface area contributed by atoms with Gasteiger partial charge in [-0.05, 0) is 41.6 Å². The van der Waals surface area contributed by atoms with E-state index in [1.165, 1.54) is 6.07 Å². The number of nitrogens with zero attached hydrogens (tertiary/aromatic N) is 2. The van der Waals surface area contributed by atoms with Crippen LogP contribution in [0, 0.1) is 5.82 Å². The highest BCUT2D eigenvalue weighted by molar-refractivity contribution is 8.18. The number of imide groups is 1. The Kier molecular flexibility index (Phi) is 5.45. The van der Waals surface area contributed by atoms with Crippen molar-refractivity contribution < 1.29 is 18.7 Å². The summed E-state index contributed by atoms with van der Waals surface area (Å²) in [6.07, 6.45) is 1.70. The molecule has 28 heavy (non-hydrogen) atoms. The standard InChI is InChI=1S/C21H19FN2O3S/c22-18-4-2-1-3-16(18)14-24-20(25)19(28-21(24)26)13-15-5-7-17(8-6-15)23-9-11-27-12-10-23/h1-8,13H,9-12,14H2/b19-13+. The summed E-state index contributed by atoms with van der Waals surface area (Å²) in [6.45, 7) is 3.08. The average Bonchev–Trinajstić information content (AvgIpc) is 2.98. The smallest absolute Gasteiger partial charge is 0.293 e. The van der Waals surface area contributed by atoms with Crippen molar-refractivity contribution in [2.75, 3.05) is 31.2 Å². The highest BCUT2D eigenvalue weighted by atomic mass is 32.2. The van der Waals surface area contributed by atoms with E-state index in [9.17, 15) is 14.0 Å². The van der Waals surface area contributed by atoms with Crippen LogP contribution < -0.4 is 4.90 Å². The van der Waals surface area contributed by atoms with Gasteiger partial charge in [0.1, 0.15) is 5.82 Å². The van der Waals surface area contributed by atoms with Crippen molar-refractivity contribution in [1.82, 2.24) is 4.90 Å². The fourth-order valence-corrected chi connectivity index (χ4v) is 4.03. The van der Waals surface area contributed by atoms with Crippen molar-refractivity contribution in [3.63, 3.8) is 0 Å². The second kappa shape index (κ2) is 8.16. The predicted octanol–water partition coefficient (Wildman–Crippen LogP) is 3.90. The molecule has 0 radical (unpaired) electrons. The lowest BCUT2D eigenvalue weighted by atomic mass is 10.1. The molecule has 144 valence electrons. The molecular formula is C21H19FN2O3S. The molecule has 0 bridgehead atoms. The lowest BCUT2D eigenvalue weighted by molar-refractivity contribution is -0.123. The van der Waals surface area contributed by atoms with Crippen LogP contribution in [0.5, 0.6) is 0 Å². The van der Waals surface area contributed by atoms with Gasteiger partial charge >= 0.3 is 0 Å². The number of benzene rings is 2. The molecule has 2 aromatic carbocycles. The number of anilines is 1. The Morgan fingerprint density at radius 2 is 1.75 bits per heavy atom. The Balaban J connectivity index is 1.48. The number of thioether (sulfide) groups is 1. The van der Waals surface area contributed by atoms with E-state index >= 15 is 0 Å². The molecule has 2 saturated heterocycles. The van der Waals surface area contributed by atoms with Crippen molar-refractivity contribution in [2.24, 2.45) is 0 Å². The lowest BCUT2D eigenvalue weighted by Crippen LogP contribution is -2.36. The minimum Gasteiger partial charge on any atom is -0.378 e. The molecule has 0 aromatic heterocycles. The first kappa shape index (κ1) is 18.7. The summed E-state index contributed by atoms with van der Waals surface area (Å²) in [5.74, 6) is -0.820. The first-order valence-corrected chi connectivity index (χ1v) is 9.85. The largest absolute Gasteiger partial charge is 0.378 e. The number of amides is 2. The first-order chi connectivity index (χ1) is 13.6. The summed E-state index contributed by atoms with van der Waals surface area (Å²) in [5, 5.41) is -0.385. The lowest BCUT2D eigenvalue weighted by Gasteiger charge is -2.28. The maximum atomic E-state index is 13.9. The summed E-state index contributed by atoms with van der Waals surface area (Å²) in [4.78, 5) is 28.5. The van der Waals surface area contributed by atoms with E-state index in [1.807, 2.05) is 24.3 Å². The summed E-state index contributed by atoms with van der Waals surface area (Å²) in [5.41, 5.74) is 2.27. The molecule has 2 heterocycles. The van der Waals surface area contributed by atoms with Gasteiger partial charge in [0.2, 0.25) is 0 Å². The average molecular weight is 398 g/mol. The van der Waals surface area contributed by atoms with Gasteiger partial charge < -0.3 is 9.64 Å².